The van der Waals surface area contributed by atoms with E-state index in [1.54, 1.807) is 42.5 Å². The van der Waals surface area contributed by atoms with Crippen molar-refractivity contribution in [2.45, 2.75) is 51.5 Å². The van der Waals surface area contributed by atoms with Gasteiger partial charge < -0.3 is 5.32 Å². The lowest BCUT2D eigenvalue weighted by molar-refractivity contribution is -0.119. The number of hydrogen-bond donors (Lipinski definition) is 1. The molecular formula is C27H32N2O3S. The van der Waals surface area contributed by atoms with E-state index in [1.807, 2.05) is 19.1 Å². The Labute approximate surface area is 197 Å². The Kier molecular flexibility index (Phi) is 8.28. The molecule has 33 heavy (non-hydrogen) atoms. The molecule has 0 spiro atoms. The predicted octanol–water partition coefficient (Wildman–Crippen LogP) is 4.89. The third-order valence-electron chi connectivity index (χ3n) is 5.79. The monoisotopic (exact) mass is 464 g/mol. The van der Waals surface area contributed by atoms with Crippen molar-refractivity contribution in [2.75, 3.05) is 10.8 Å². The summed E-state index contributed by atoms with van der Waals surface area (Å²) in [4.78, 5) is 13.1. The van der Waals surface area contributed by atoms with Gasteiger partial charge in [0.2, 0.25) is 5.91 Å². The molecule has 3 aromatic carbocycles. The van der Waals surface area contributed by atoms with Gasteiger partial charge in [-0.25, -0.2) is 8.42 Å². The Balaban J connectivity index is 1.85. The van der Waals surface area contributed by atoms with Gasteiger partial charge in [-0.1, -0.05) is 69.3 Å². The van der Waals surface area contributed by atoms with Gasteiger partial charge in [-0.15, -0.1) is 0 Å². The zero-order chi connectivity index (χ0) is 23.8. The molecule has 1 N–H and O–H groups in total. The molecule has 0 saturated heterocycles. The number of anilines is 1. The van der Waals surface area contributed by atoms with Crippen molar-refractivity contribution in [3.63, 3.8) is 0 Å². The van der Waals surface area contributed by atoms with Crippen molar-refractivity contribution in [1.82, 2.24) is 5.32 Å². The van der Waals surface area contributed by atoms with E-state index in [9.17, 15) is 13.2 Å². The highest BCUT2D eigenvalue weighted by Gasteiger charge is 2.27. The smallest absolute Gasteiger partial charge is 0.264 e. The number of aryl methyl sites for hydroxylation is 3. The second-order valence-electron chi connectivity index (χ2n) is 7.93. The van der Waals surface area contributed by atoms with Gasteiger partial charge in [0.05, 0.1) is 10.6 Å². The maximum absolute atomic E-state index is 13.4. The van der Waals surface area contributed by atoms with Crippen LogP contribution in [-0.2, 0) is 40.6 Å². The van der Waals surface area contributed by atoms with E-state index in [-0.39, 0.29) is 17.3 Å². The summed E-state index contributed by atoms with van der Waals surface area (Å²) >= 11 is 0. The largest absolute Gasteiger partial charge is 0.350 e. The average molecular weight is 465 g/mol. The zero-order valence-corrected chi connectivity index (χ0v) is 20.4. The first kappa shape index (κ1) is 24.5. The second-order valence-corrected chi connectivity index (χ2v) is 9.79. The molecule has 0 saturated carbocycles. The van der Waals surface area contributed by atoms with Crippen LogP contribution in [0.1, 0.15) is 43.0 Å². The van der Waals surface area contributed by atoms with Crippen molar-refractivity contribution < 1.29 is 13.2 Å². The van der Waals surface area contributed by atoms with Crippen molar-refractivity contribution in [3.8, 4) is 0 Å². The van der Waals surface area contributed by atoms with Gasteiger partial charge in [0, 0.05) is 6.54 Å². The lowest BCUT2D eigenvalue weighted by Crippen LogP contribution is -2.40. The molecule has 0 aliphatic carbocycles. The molecule has 174 valence electrons. The molecule has 6 heteroatoms. The average Bonchev–Trinajstić information content (AvgIpc) is 2.86. The van der Waals surface area contributed by atoms with Gasteiger partial charge in [-0.2, -0.15) is 0 Å². The first-order valence-electron chi connectivity index (χ1n) is 11.4. The number of hydrogen-bond acceptors (Lipinski definition) is 3. The Morgan fingerprint density at radius 1 is 0.788 bits per heavy atom. The number of nitrogens with one attached hydrogen (secondary N) is 1. The van der Waals surface area contributed by atoms with Crippen molar-refractivity contribution >= 4 is 21.6 Å². The topological polar surface area (TPSA) is 66.5 Å². The fourth-order valence-electron chi connectivity index (χ4n) is 3.72. The Morgan fingerprint density at radius 3 is 2.03 bits per heavy atom. The number of carbonyl (C=O) groups excluding carboxylic acids is 1. The highest BCUT2D eigenvalue weighted by molar-refractivity contribution is 7.92. The highest BCUT2D eigenvalue weighted by atomic mass is 32.2. The Morgan fingerprint density at radius 2 is 1.42 bits per heavy atom. The van der Waals surface area contributed by atoms with Crippen LogP contribution in [-0.4, -0.2) is 20.9 Å². The normalized spacial score (nSPS) is 11.2. The third-order valence-corrected chi connectivity index (χ3v) is 7.57. The van der Waals surface area contributed by atoms with E-state index in [0.717, 1.165) is 30.4 Å². The number of nitrogens with zero attached hydrogens (tertiary/aromatic N) is 1. The maximum Gasteiger partial charge on any atom is 0.264 e. The fourth-order valence-corrected chi connectivity index (χ4v) is 5.16. The van der Waals surface area contributed by atoms with Crippen LogP contribution in [0.25, 0.3) is 0 Å². The quantitative estimate of drug-likeness (QED) is 0.465. The molecule has 0 bridgehead atoms. The van der Waals surface area contributed by atoms with Crippen LogP contribution in [0.4, 0.5) is 5.69 Å². The molecule has 3 aromatic rings. The standard InChI is InChI=1S/C27H32N2O3S/c1-4-21-13-16-25(17-14-21)29(33(31,32)26-10-8-7-9-11-26)20-27(30)28-19-24-18-22(5-2)12-15-23(24)6-3/h7-18H,4-6,19-20H2,1-3H3,(H,28,30). The highest BCUT2D eigenvalue weighted by Crippen LogP contribution is 2.24. The van der Waals surface area contributed by atoms with E-state index in [1.165, 1.54) is 15.4 Å². The second kappa shape index (κ2) is 11.1. The lowest BCUT2D eigenvalue weighted by atomic mass is 10.0. The molecule has 0 radical (unpaired) electrons. The van der Waals surface area contributed by atoms with E-state index in [4.69, 9.17) is 0 Å². The van der Waals surface area contributed by atoms with Crippen LogP contribution in [0.3, 0.4) is 0 Å². The molecule has 0 atom stereocenters. The van der Waals surface area contributed by atoms with Crippen LogP contribution in [0.15, 0.2) is 77.7 Å². The molecule has 0 fully saturated rings. The molecule has 0 heterocycles. The first-order chi connectivity index (χ1) is 15.9. The summed E-state index contributed by atoms with van der Waals surface area (Å²) in [5.74, 6) is -0.349. The third kappa shape index (κ3) is 6.02. The number of amides is 1. The number of carbonyl (C=O) groups is 1. The van der Waals surface area contributed by atoms with E-state index in [2.05, 4.69) is 37.4 Å². The predicted molar refractivity (Wildman–Crippen MR) is 134 cm³/mol. The van der Waals surface area contributed by atoms with Crippen molar-refractivity contribution in [3.05, 3.63) is 95.1 Å². The van der Waals surface area contributed by atoms with Crippen LogP contribution < -0.4 is 9.62 Å². The number of rotatable bonds is 10. The summed E-state index contributed by atoms with van der Waals surface area (Å²) in [6.45, 7) is 6.29. The molecule has 1 amide bonds. The molecule has 5 nitrogen and oxygen atoms in total. The van der Waals surface area contributed by atoms with Gasteiger partial charge in [-0.05, 0) is 65.8 Å². The Bertz CT molecular complexity index is 1170. The van der Waals surface area contributed by atoms with E-state index < -0.39 is 10.0 Å². The molecule has 3 rings (SSSR count). The summed E-state index contributed by atoms with van der Waals surface area (Å²) in [6, 6.07) is 21.8. The van der Waals surface area contributed by atoms with Gasteiger partial charge in [0.15, 0.2) is 0 Å². The minimum absolute atomic E-state index is 0.154. The van der Waals surface area contributed by atoms with Crippen LogP contribution in [0.5, 0.6) is 0 Å². The van der Waals surface area contributed by atoms with Gasteiger partial charge in [0.25, 0.3) is 10.0 Å². The number of benzene rings is 3. The van der Waals surface area contributed by atoms with Gasteiger partial charge in [-0.3, -0.25) is 9.10 Å². The summed E-state index contributed by atoms with van der Waals surface area (Å²) in [5.41, 5.74) is 5.02. The minimum atomic E-state index is -3.90. The summed E-state index contributed by atoms with van der Waals surface area (Å²) in [5, 5.41) is 2.93. The number of sulfonamides is 1. The lowest BCUT2D eigenvalue weighted by Gasteiger charge is -2.24. The SMILES string of the molecule is CCc1ccc(N(CC(=O)NCc2cc(CC)ccc2CC)S(=O)(=O)c2ccccc2)cc1. The minimum Gasteiger partial charge on any atom is -0.350 e. The van der Waals surface area contributed by atoms with Gasteiger partial charge in [0.1, 0.15) is 6.54 Å². The fraction of sp³-hybridized carbons (Fsp3) is 0.296. The molecule has 0 aliphatic heterocycles. The van der Waals surface area contributed by atoms with Crippen molar-refractivity contribution in [1.29, 1.82) is 0 Å². The summed E-state index contributed by atoms with van der Waals surface area (Å²) in [7, 11) is -3.90. The van der Waals surface area contributed by atoms with Crippen LogP contribution in [0.2, 0.25) is 0 Å². The van der Waals surface area contributed by atoms with Crippen molar-refractivity contribution in [2.24, 2.45) is 0 Å². The van der Waals surface area contributed by atoms with Gasteiger partial charge >= 0.3 is 0 Å². The molecule has 0 aromatic heterocycles. The maximum atomic E-state index is 13.4. The Hall–Kier alpha value is -3.12. The molecule has 0 aliphatic rings. The van der Waals surface area contributed by atoms with E-state index >= 15 is 0 Å². The summed E-state index contributed by atoms with van der Waals surface area (Å²) < 4.78 is 28.0. The first-order valence-corrected chi connectivity index (χ1v) is 12.9. The van der Waals surface area contributed by atoms with Crippen LogP contribution in [0, 0.1) is 0 Å². The molecular weight excluding hydrogens is 432 g/mol. The van der Waals surface area contributed by atoms with E-state index in [0.29, 0.717) is 12.2 Å². The van der Waals surface area contributed by atoms with Crippen LogP contribution >= 0.6 is 0 Å². The zero-order valence-electron chi connectivity index (χ0n) is 19.5. The summed E-state index contributed by atoms with van der Waals surface area (Å²) in [6.07, 6.45) is 2.64. The molecule has 0 unspecified atom stereocenters.